The Kier molecular flexibility index (Phi) is 2.55. The summed E-state index contributed by atoms with van der Waals surface area (Å²) in [5.41, 5.74) is 7.34. The molecule has 0 saturated carbocycles. The number of anilines is 1. The van der Waals surface area contributed by atoms with Crippen LogP contribution in [0, 0.1) is 0 Å². The number of nitrogens with zero attached hydrogens (tertiary/aromatic N) is 2. The average Bonchev–Trinajstić information content (AvgIpc) is 2.84. The molecule has 18 heavy (non-hydrogen) atoms. The van der Waals surface area contributed by atoms with Gasteiger partial charge in [0.05, 0.1) is 22.7 Å². The van der Waals surface area contributed by atoms with Gasteiger partial charge in [0.2, 0.25) is 0 Å². The van der Waals surface area contributed by atoms with E-state index in [-0.39, 0.29) is 5.25 Å². The summed E-state index contributed by atoms with van der Waals surface area (Å²) < 4.78 is 25.5. The van der Waals surface area contributed by atoms with Crippen LogP contribution in [0.25, 0.3) is 5.52 Å². The minimum atomic E-state index is -2.93. The number of imidazole rings is 1. The molecule has 0 aliphatic carbocycles. The zero-order valence-electron chi connectivity index (χ0n) is 9.91. The number of rotatable bonds is 2. The van der Waals surface area contributed by atoms with Gasteiger partial charge in [-0.1, -0.05) is 0 Å². The third-order valence-corrected chi connectivity index (χ3v) is 5.78. The molecule has 0 bridgehead atoms. The molecule has 0 amide bonds. The number of fused-ring (bicyclic) bond motifs is 1. The Morgan fingerprint density at radius 3 is 3.00 bits per heavy atom. The maximum Gasteiger partial charge on any atom is 0.153 e. The molecule has 2 aromatic heterocycles. The SMILES string of the molecule is Nc1ccc2cnc(CC3CCCS3(=O)=O)n2c1. The van der Waals surface area contributed by atoms with Crippen LogP contribution in [0.5, 0.6) is 0 Å². The highest BCUT2D eigenvalue weighted by molar-refractivity contribution is 7.92. The van der Waals surface area contributed by atoms with E-state index in [9.17, 15) is 8.42 Å². The molecular weight excluding hydrogens is 250 g/mol. The lowest BCUT2D eigenvalue weighted by molar-refractivity contribution is 0.586. The van der Waals surface area contributed by atoms with Gasteiger partial charge in [-0.2, -0.15) is 0 Å². The van der Waals surface area contributed by atoms with Crippen molar-refractivity contribution in [1.29, 1.82) is 0 Å². The van der Waals surface area contributed by atoms with Crippen molar-refractivity contribution in [3.05, 3.63) is 30.4 Å². The number of hydrogen-bond acceptors (Lipinski definition) is 4. The summed E-state index contributed by atoms with van der Waals surface area (Å²) in [6, 6.07) is 3.70. The highest BCUT2D eigenvalue weighted by Crippen LogP contribution is 2.23. The van der Waals surface area contributed by atoms with Crippen LogP contribution >= 0.6 is 0 Å². The topological polar surface area (TPSA) is 77.5 Å². The Labute approximate surface area is 106 Å². The maximum atomic E-state index is 11.8. The summed E-state index contributed by atoms with van der Waals surface area (Å²) in [7, 11) is -2.93. The predicted molar refractivity (Wildman–Crippen MR) is 70.1 cm³/mol. The van der Waals surface area contributed by atoms with E-state index in [0.29, 0.717) is 17.9 Å². The zero-order valence-corrected chi connectivity index (χ0v) is 10.7. The van der Waals surface area contributed by atoms with Gasteiger partial charge in [0.25, 0.3) is 0 Å². The second-order valence-electron chi connectivity index (χ2n) is 4.77. The van der Waals surface area contributed by atoms with Gasteiger partial charge in [-0.25, -0.2) is 13.4 Å². The first kappa shape index (κ1) is 11.5. The summed E-state index contributed by atoms with van der Waals surface area (Å²) in [5.74, 6) is 1.08. The van der Waals surface area contributed by atoms with Crippen molar-refractivity contribution in [2.45, 2.75) is 24.5 Å². The molecule has 3 heterocycles. The summed E-state index contributed by atoms with van der Waals surface area (Å²) in [4.78, 5) is 4.31. The van der Waals surface area contributed by atoms with Gasteiger partial charge in [-0.15, -0.1) is 0 Å². The van der Waals surface area contributed by atoms with Crippen molar-refractivity contribution in [2.75, 3.05) is 11.5 Å². The van der Waals surface area contributed by atoms with E-state index in [4.69, 9.17) is 5.73 Å². The quantitative estimate of drug-likeness (QED) is 0.880. The molecule has 1 atom stereocenters. The van der Waals surface area contributed by atoms with Gasteiger partial charge >= 0.3 is 0 Å². The molecule has 96 valence electrons. The van der Waals surface area contributed by atoms with Crippen molar-refractivity contribution >= 4 is 21.0 Å². The Bertz CT molecular complexity index is 690. The molecule has 0 aromatic carbocycles. The van der Waals surface area contributed by atoms with Crippen LogP contribution in [0.2, 0.25) is 0 Å². The fourth-order valence-electron chi connectivity index (χ4n) is 2.50. The van der Waals surface area contributed by atoms with Gasteiger partial charge in [0, 0.05) is 18.3 Å². The average molecular weight is 265 g/mol. The Balaban J connectivity index is 1.98. The van der Waals surface area contributed by atoms with Gasteiger partial charge in [-0.05, 0) is 25.0 Å². The van der Waals surface area contributed by atoms with E-state index in [1.807, 2.05) is 16.5 Å². The smallest absolute Gasteiger partial charge is 0.153 e. The van der Waals surface area contributed by atoms with E-state index in [1.165, 1.54) is 0 Å². The summed E-state index contributed by atoms with van der Waals surface area (Å²) in [6.45, 7) is 0. The standard InChI is InChI=1S/C12H15N3O2S/c13-9-3-4-10-7-14-12(15(10)8-9)6-11-2-1-5-18(11,16)17/h3-4,7-8,11H,1-2,5-6,13H2. The third kappa shape index (κ3) is 1.86. The molecule has 2 aromatic rings. The lowest BCUT2D eigenvalue weighted by Gasteiger charge is -2.08. The van der Waals surface area contributed by atoms with Crippen molar-refractivity contribution in [3.63, 3.8) is 0 Å². The van der Waals surface area contributed by atoms with Crippen LogP contribution in [0.4, 0.5) is 5.69 Å². The highest BCUT2D eigenvalue weighted by Gasteiger charge is 2.32. The summed E-state index contributed by atoms with van der Waals surface area (Å²) >= 11 is 0. The van der Waals surface area contributed by atoms with Gasteiger partial charge in [0.1, 0.15) is 5.82 Å². The van der Waals surface area contributed by atoms with Crippen LogP contribution in [-0.2, 0) is 16.3 Å². The van der Waals surface area contributed by atoms with E-state index in [0.717, 1.165) is 24.2 Å². The second-order valence-corrected chi connectivity index (χ2v) is 7.17. The summed E-state index contributed by atoms with van der Waals surface area (Å²) in [6.07, 6.45) is 5.51. The molecule has 0 spiro atoms. The van der Waals surface area contributed by atoms with Crippen LogP contribution < -0.4 is 5.73 Å². The number of sulfone groups is 1. The van der Waals surface area contributed by atoms with E-state index in [2.05, 4.69) is 4.98 Å². The number of nitrogen functional groups attached to an aromatic ring is 1. The van der Waals surface area contributed by atoms with Crippen molar-refractivity contribution in [1.82, 2.24) is 9.38 Å². The molecule has 5 nitrogen and oxygen atoms in total. The summed E-state index contributed by atoms with van der Waals surface area (Å²) in [5, 5.41) is -0.287. The highest BCUT2D eigenvalue weighted by atomic mass is 32.2. The van der Waals surface area contributed by atoms with E-state index in [1.54, 1.807) is 12.4 Å². The molecule has 0 radical (unpaired) electrons. The normalized spacial score (nSPS) is 22.6. The first-order valence-electron chi connectivity index (χ1n) is 5.99. The molecule has 1 aliphatic heterocycles. The molecule has 1 fully saturated rings. The molecule has 2 N–H and O–H groups in total. The second kappa shape index (κ2) is 3.98. The lowest BCUT2D eigenvalue weighted by atomic mass is 10.2. The molecular formula is C12H15N3O2S. The Hall–Kier alpha value is -1.56. The number of nitrogens with two attached hydrogens (primary N) is 1. The van der Waals surface area contributed by atoms with E-state index < -0.39 is 9.84 Å². The van der Waals surface area contributed by atoms with Gasteiger partial charge < -0.3 is 10.1 Å². The van der Waals surface area contributed by atoms with E-state index >= 15 is 0 Å². The molecule has 6 heteroatoms. The zero-order chi connectivity index (χ0) is 12.8. The van der Waals surface area contributed by atoms with Crippen LogP contribution in [0.1, 0.15) is 18.7 Å². The van der Waals surface area contributed by atoms with Gasteiger partial charge in [0.15, 0.2) is 9.84 Å². The maximum absolute atomic E-state index is 11.8. The molecule has 3 rings (SSSR count). The number of hydrogen-bond donors (Lipinski definition) is 1. The minimum Gasteiger partial charge on any atom is -0.398 e. The van der Waals surface area contributed by atoms with Crippen LogP contribution in [0.15, 0.2) is 24.5 Å². The predicted octanol–water partition coefficient (Wildman–Crippen LogP) is 1.04. The molecule has 1 aliphatic rings. The van der Waals surface area contributed by atoms with Crippen molar-refractivity contribution in [3.8, 4) is 0 Å². The Morgan fingerprint density at radius 1 is 1.44 bits per heavy atom. The van der Waals surface area contributed by atoms with Gasteiger partial charge in [-0.3, -0.25) is 0 Å². The van der Waals surface area contributed by atoms with Crippen LogP contribution in [0.3, 0.4) is 0 Å². The largest absolute Gasteiger partial charge is 0.398 e. The molecule has 1 unspecified atom stereocenters. The van der Waals surface area contributed by atoms with Crippen molar-refractivity contribution < 1.29 is 8.42 Å². The molecule has 1 saturated heterocycles. The first-order chi connectivity index (χ1) is 8.56. The van der Waals surface area contributed by atoms with Crippen molar-refractivity contribution in [2.24, 2.45) is 0 Å². The first-order valence-corrected chi connectivity index (χ1v) is 7.71. The Morgan fingerprint density at radius 2 is 2.28 bits per heavy atom. The number of aromatic nitrogens is 2. The fourth-order valence-corrected chi connectivity index (χ4v) is 4.33. The third-order valence-electron chi connectivity index (χ3n) is 3.50. The number of pyridine rings is 1. The monoisotopic (exact) mass is 265 g/mol. The van der Waals surface area contributed by atoms with Crippen LogP contribution in [-0.4, -0.2) is 28.8 Å². The minimum absolute atomic E-state index is 0.287. The lowest BCUT2D eigenvalue weighted by Crippen LogP contribution is -2.19. The fraction of sp³-hybridized carbons (Fsp3) is 0.417.